The smallest absolute Gasteiger partial charge is 0.313 e. The van der Waals surface area contributed by atoms with Crippen LogP contribution in [0.25, 0.3) is 0 Å². The van der Waals surface area contributed by atoms with E-state index in [1.54, 1.807) is 19.1 Å². The van der Waals surface area contributed by atoms with Crippen LogP contribution in [0.5, 0.6) is 5.75 Å². The van der Waals surface area contributed by atoms with E-state index in [2.05, 4.69) is 0 Å². The van der Waals surface area contributed by atoms with Gasteiger partial charge in [0.25, 0.3) is 0 Å². The molecule has 1 atom stereocenters. The molecule has 1 aromatic rings. The Morgan fingerprint density at radius 1 is 1.38 bits per heavy atom. The van der Waals surface area contributed by atoms with Crippen LogP contribution in [0.2, 0.25) is 0 Å². The fourth-order valence-corrected chi connectivity index (χ4v) is 2.32. The van der Waals surface area contributed by atoms with Crippen molar-refractivity contribution in [2.75, 3.05) is 6.61 Å². The predicted octanol–water partition coefficient (Wildman–Crippen LogP) is 2.24. The monoisotopic (exact) mass is 290 g/mol. The molecule has 1 aromatic carbocycles. The van der Waals surface area contributed by atoms with Crippen molar-refractivity contribution >= 4 is 17.5 Å². The van der Waals surface area contributed by atoms with E-state index in [4.69, 9.17) is 9.47 Å². The number of rotatable bonds is 5. The molecule has 0 N–H and O–H groups in total. The molecule has 0 amide bonds. The summed E-state index contributed by atoms with van der Waals surface area (Å²) in [4.78, 5) is 35.1. The number of fused-ring (bicyclic) bond motifs is 1. The molecule has 0 saturated carbocycles. The first-order valence-electron chi connectivity index (χ1n) is 6.97. The molecule has 5 heteroatoms. The highest BCUT2D eigenvalue weighted by Crippen LogP contribution is 2.29. The standard InChI is InChI=1S/C16H18O5/c1-3-20-16(19)8-11(17)7-12-9-14(18)13-6-10(2)4-5-15(13)21-12/h4-6,12H,3,7-9H2,1-2H3. The Bertz CT molecular complexity index is 576. The van der Waals surface area contributed by atoms with Gasteiger partial charge in [-0.1, -0.05) is 11.6 Å². The SMILES string of the molecule is CCOC(=O)CC(=O)CC1CC(=O)c2cc(C)ccc2O1. The molecular formula is C16H18O5. The molecule has 5 nitrogen and oxygen atoms in total. The first-order valence-corrected chi connectivity index (χ1v) is 6.97. The molecule has 1 aliphatic heterocycles. The highest BCUT2D eigenvalue weighted by Gasteiger charge is 2.28. The van der Waals surface area contributed by atoms with E-state index >= 15 is 0 Å². The minimum Gasteiger partial charge on any atom is -0.489 e. The normalized spacial score (nSPS) is 16.9. The highest BCUT2D eigenvalue weighted by molar-refractivity contribution is 6.01. The second kappa shape index (κ2) is 6.52. The number of esters is 1. The third kappa shape index (κ3) is 3.90. The van der Waals surface area contributed by atoms with Crippen LogP contribution in [-0.2, 0) is 14.3 Å². The predicted molar refractivity (Wildman–Crippen MR) is 75.4 cm³/mol. The second-order valence-electron chi connectivity index (χ2n) is 5.09. The molecule has 0 aliphatic carbocycles. The summed E-state index contributed by atoms with van der Waals surface area (Å²) in [5, 5.41) is 0. The van der Waals surface area contributed by atoms with Crippen molar-refractivity contribution in [2.24, 2.45) is 0 Å². The maximum atomic E-state index is 12.1. The van der Waals surface area contributed by atoms with E-state index in [9.17, 15) is 14.4 Å². The Labute approximate surface area is 123 Å². The Balaban J connectivity index is 1.98. The fraction of sp³-hybridized carbons (Fsp3) is 0.438. The van der Waals surface area contributed by atoms with Gasteiger partial charge in [-0.25, -0.2) is 0 Å². The maximum absolute atomic E-state index is 12.1. The minimum absolute atomic E-state index is 0.0334. The van der Waals surface area contributed by atoms with Gasteiger partial charge < -0.3 is 9.47 Å². The lowest BCUT2D eigenvalue weighted by Gasteiger charge is -2.25. The van der Waals surface area contributed by atoms with Gasteiger partial charge in [0.1, 0.15) is 24.1 Å². The molecule has 1 heterocycles. The summed E-state index contributed by atoms with van der Waals surface area (Å²) >= 11 is 0. The summed E-state index contributed by atoms with van der Waals surface area (Å²) in [6, 6.07) is 5.38. The molecule has 21 heavy (non-hydrogen) atoms. The zero-order chi connectivity index (χ0) is 15.4. The molecule has 1 aliphatic rings. The fourth-order valence-electron chi connectivity index (χ4n) is 2.32. The van der Waals surface area contributed by atoms with Gasteiger partial charge in [-0.2, -0.15) is 0 Å². The Kier molecular flexibility index (Phi) is 4.73. The summed E-state index contributed by atoms with van der Waals surface area (Å²) in [5.74, 6) is -0.345. The molecule has 0 aromatic heterocycles. The van der Waals surface area contributed by atoms with E-state index in [1.807, 2.05) is 13.0 Å². The summed E-state index contributed by atoms with van der Waals surface area (Å²) in [6.45, 7) is 3.84. The first-order chi connectivity index (χ1) is 9.99. The summed E-state index contributed by atoms with van der Waals surface area (Å²) in [5.41, 5.74) is 1.55. The number of Topliss-reactive ketones (excluding diaryl/α,β-unsaturated/α-hetero) is 2. The van der Waals surface area contributed by atoms with Crippen LogP contribution in [0.15, 0.2) is 18.2 Å². The molecule has 0 bridgehead atoms. The van der Waals surface area contributed by atoms with Crippen molar-refractivity contribution in [2.45, 2.75) is 39.2 Å². The van der Waals surface area contributed by atoms with E-state index in [0.29, 0.717) is 11.3 Å². The van der Waals surface area contributed by atoms with Gasteiger partial charge in [0.15, 0.2) is 5.78 Å². The van der Waals surface area contributed by atoms with Crippen LogP contribution in [0.4, 0.5) is 0 Å². The average molecular weight is 290 g/mol. The molecule has 112 valence electrons. The number of hydrogen-bond donors (Lipinski definition) is 0. The summed E-state index contributed by atoms with van der Waals surface area (Å²) < 4.78 is 10.4. The highest BCUT2D eigenvalue weighted by atomic mass is 16.5. The molecule has 0 saturated heterocycles. The topological polar surface area (TPSA) is 69.7 Å². The third-order valence-corrected chi connectivity index (χ3v) is 3.24. The van der Waals surface area contributed by atoms with Gasteiger partial charge in [-0.05, 0) is 26.0 Å². The Morgan fingerprint density at radius 2 is 2.14 bits per heavy atom. The van der Waals surface area contributed by atoms with Gasteiger partial charge in [-0.3, -0.25) is 14.4 Å². The van der Waals surface area contributed by atoms with Crippen molar-refractivity contribution in [1.82, 2.24) is 0 Å². The summed E-state index contributed by atoms with van der Waals surface area (Å²) in [7, 11) is 0. The lowest BCUT2D eigenvalue weighted by atomic mass is 9.96. The van der Waals surface area contributed by atoms with Crippen LogP contribution in [0.1, 0.15) is 42.1 Å². The van der Waals surface area contributed by atoms with Crippen LogP contribution in [0.3, 0.4) is 0 Å². The molecule has 0 spiro atoms. The zero-order valence-electron chi connectivity index (χ0n) is 12.2. The average Bonchev–Trinajstić information content (AvgIpc) is 2.39. The maximum Gasteiger partial charge on any atom is 0.313 e. The number of hydrogen-bond acceptors (Lipinski definition) is 5. The van der Waals surface area contributed by atoms with Gasteiger partial charge in [0.05, 0.1) is 12.2 Å². The van der Waals surface area contributed by atoms with Crippen LogP contribution >= 0.6 is 0 Å². The van der Waals surface area contributed by atoms with Crippen LogP contribution in [-0.4, -0.2) is 30.2 Å². The van der Waals surface area contributed by atoms with Gasteiger partial charge in [0.2, 0.25) is 0 Å². The van der Waals surface area contributed by atoms with Crippen LogP contribution in [0, 0.1) is 6.92 Å². The third-order valence-electron chi connectivity index (χ3n) is 3.24. The van der Waals surface area contributed by atoms with Gasteiger partial charge >= 0.3 is 5.97 Å². The lowest BCUT2D eigenvalue weighted by molar-refractivity contribution is -0.145. The quantitative estimate of drug-likeness (QED) is 0.614. The molecule has 2 rings (SSSR count). The first kappa shape index (κ1) is 15.2. The minimum atomic E-state index is -0.541. The summed E-state index contributed by atoms with van der Waals surface area (Å²) in [6.07, 6.45) is -0.583. The largest absolute Gasteiger partial charge is 0.489 e. The number of benzene rings is 1. The van der Waals surface area contributed by atoms with Gasteiger partial charge in [-0.15, -0.1) is 0 Å². The van der Waals surface area contributed by atoms with E-state index in [1.165, 1.54) is 0 Å². The van der Waals surface area contributed by atoms with Crippen molar-refractivity contribution < 1.29 is 23.9 Å². The van der Waals surface area contributed by atoms with Crippen molar-refractivity contribution in [3.05, 3.63) is 29.3 Å². The van der Waals surface area contributed by atoms with E-state index in [-0.39, 0.29) is 37.4 Å². The second-order valence-corrected chi connectivity index (χ2v) is 5.09. The Morgan fingerprint density at radius 3 is 2.86 bits per heavy atom. The molecular weight excluding hydrogens is 272 g/mol. The van der Waals surface area contributed by atoms with E-state index in [0.717, 1.165) is 5.56 Å². The van der Waals surface area contributed by atoms with Crippen molar-refractivity contribution in [3.8, 4) is 5.75 Å². The van der Waals surface area contributed by atoms with Gasteiger partial charge in [0, 0.05) is 12.8 Å². The molecule has 0 radical (unpaired) electrons. The van der Waals surface area contributed by atoms with Crippen molar-refractivity contribution in [3.63, 3.8) is 0 Å². The Hall–Kier alpha value is -2.17. The zero-order valence-corrected chi connectivity index (χ0v) is 12.2. The number of carbonyl (C=O) groups excluding carboxylic acids is 3. The molecule has 0 fully saturated rings. The number of ether oxygens (including phenoxy) is 2. The van der Waals surface area contributed by atoms with E-state index < -0.39 is 12.1 Å². The van der Waals surface area contributed by atoms with Crippen LogP contribution < -0.4 is 4.74 Å². The number of carbonyl (C=O) groups is 3. The number of ketones is 2. The molecule has 1 unspecified atom stereocenters. The lowest BCUT2D eigenvalue weighted by Crippen LogP contribution is -2.30. The number of aryl methyl sites for hydroxylation is 1. The van der Waals surface area contributed by atoms with Crippen molar-refractivity contribution in [1.29, 1.82) is 0 Å².